The minimum atomic E-state index is -0.168. The van der Waals surface area contributed by atoms with Gasteiger partial charge in [0, 0.05) is 5.56 Å². The monoisotopic (exact) mass is 413 g/mol. The van der Waals surface area contributed by atoms with Gasteiger partial charge in [-0.3, -0.25) is 4.79 Å². The van der Waals surface area contributed by atoms with Crippen molar-refractivity contribution in [2.45, 2.75) is 54.0 Å². The summed E-state index contributed by atoms with van der Waals surface area (Å²) in [6.07, 6.45) is 0.992. The Bertz CT molecular complexity index is 787. The third-order valence-corrected chi connectivity index (χ3v) is 4.87. The number of rotatable bonds is 11. The van der Waals surface area contributed by atoms with Crippen molar-refractivity contribution in [3.63, 3.8) is 0 Å². The van der Waals surface area contributed by atoms with Gasteiger partial charge in [0.15, 0.2) is 11.5 Å². The fourth-order valence-corrected chi connectivity index (χ4v) is 3.34. The molecule has 30 heavy (non-hydrogen) atoms. The van der Waals surface area contributed by atoms with Crippen molar-refractivity contribution in [2.24, 2.45) is 5.92 Å². The van der Waals surface area contributed by atoms with Crippen LogP contribution in [-0.4, -0.2) is 25.7 Å². The van der Waals surface area contributed by atoms with Crippen molar-refractivity contribution < 1.29 is 19.0 Å². The zero-order chi connectivity index (χ0) is 22.1. The fourth-order valence-electron chi connectivity index (χ4n) is 3.34. The first kappa shape index (κ1) is 23.6. The lowest BCUT2D eigenvalue weighted by atomic mass is 9.94. The van der Waals surface area contributed by atoms with E-state index in [1.807, 2.05) is 20.8 Å². The van der Waals surface area contributed by atoms with Crippen LogP contribution in [0.5, 0.6) is 17.2 Å². The number of hydrogen-bond donors (Lipinski definition) is 1. The average molecular weight is 414 g/mol. The lowest BCUT2D eigenvalue weighted by molar-refractivity contribution is 0.0924. The van der Waals surface area contributed by atoms with E-state index >= 15 is 0 Å². The first-order valence-electron chi connectivity index (χ1n) is 10.9. The van der Waals surface area contributed by atoms with E-state index in [1.54, 1.807) is 12.1 Å². The molecule has 164 valence electrons. The highest BCUT2D eigenvalue weighted by atomic mass is 16.5. The van der Waals surface area contributed by atoms with Gasteiger partial charge in [0.25, 0.3) is 5.91 Å². The lowest BCUT2D eigenvalue weighted by Crippen LogP contribution is -2.31. The lowest BCUT2D eigenvalue weighted by Gasteiger charge is -2.24. The van der Waals surface area contributed by atoms with Gasteiger partial charge in [0.05, 0.1) is 25.9 Å². The van der Waals surface area contributed by atoms with Crippen LogP contribution in [0.15, 0.2) is 36.4 Å². The van der Waals surface area contributed by atoms with E-state index in [0.29, 0.717) is 42.6 Å². The molecular weight excluding hydrogens is 378 g/mol. The smallest absolute Gasteiger partial charge is 0.252 e. The summed E-state index contributed by atoms with van der Waals surface area (Å²) in [5.74, 6) is 1.64. The number of aryl methyl sites for hydroxylation is 1. The molecule has 2 rings (SSSR count). The van der Waals surface area contributed by atoms with Gasteiger partial charge >= 0.3 is 0 Å². The summed E-state index contributed by atoms with van der Waals surface area (Å²) in [4.78, 5) is 13.2. The van der Waals surface area contributed by atoms with Gasteiger partial charge in [0.2, 0.25) is 5.75 Å². The Morgan fingerprint density at radius 2 is 1.40 bits per heavy atom. The second-order valence-electron chi connectivity index (χ2n) is 7.39. The van der Waals surface area contributed by atoms with Gasteiger partial charge < -0.3 is 19.5 Å². The maximum atomic E-state index is 13.2. The molecule has 2 aromatic carbocycles. The molecule has 0 spiro atoms. The molecule has 1 amide bonds. The largest absolute Gasteiger partial charge is 0.490 e. The van der Waals surface area contributed by atoms with E-state index in [-0.39, 0.29) is 17.9 Å². The van der Waals surface area contributed by atoms with Gasteiger partial charge in [-0.05, 0) is 56.4 Å². The molecule has 5 heteroatoms. The summed E-state index contributed by atoms with van der Waals surface area (Å²) in [5.41, 5.74) is 2.86. The molecule has 0 aromatic heterocycles. The number of benzene rings is 2. The number of carbonyl (C=O) groups is 1. The van der Waals surface area contributed by atoms with Crippen molar-refractivity contribution in [3.05, 3.63) is 53.1 Å². The van der Waals surface area contributed by atoms with Crippen molar-refractivity contribution in [1.29, 1.82) is 0 Å². The van der Waals surface area contributed by atoms with Crippen LogP contribution in [0.25, 0.3) is 0 Å². The zero-order valence-electron chi connectivity index (χ0n) is 19.1. The maximum Gasteiger partial charge on any atom is 0.252 e. The Morgan fingerprint density at radius 3 is 1.83 bits per heavy atom. The third-order valence-electron chi connectivity index (χ3n) is 4.87. The van der Waals surface area contributed by atoms with Crippen LogP contribution in [0.3, 0.4) is 0 Å². The van der Waals surface area contributed by atoms with Crippen LogP contribution in [0.2, 0.25) is 0 Å². The molecule has 1 N–H and O–H groups in total. The van der Waals surface area contributed by atoms with Gasteiger partial charge in [-0.25, -0.2) is 0 Å². The van der Waals surface area contributed by atoms with Crippen LogP contribution in [0.4, 0.5) is 0 Å². The van der Waals surface area contributed by atoms with E-state index in [9.17, 15) is 4.79 Å². The van der Waals surface area contributed by atoms with Gasteiger partial charge in [0.1, 0.15) is 0 Å². The Kier molecular flexibility index (Phi) is 9.03. The molecule has 2 aromatic rings. The molecule has 0 saturated carbocycles. The minimum absolute atomic E-state index is 0.0962. The number of ether oxygens (including phenoxy) is 3. The number of amides is 1. The second kappa shape index (κ2) is 11.5. The molecule has 0 heterocycles. The quantitative estimate of drug-likeness (QED) is 0.523. The van der Waals surface area contributed by atoms with E-state index in [4.69, 9.17) is 14.2 Å². The Hall–Kier alpha value is -2.69. The van der Waals surface area contributed by atoms with Crippen molar-refractivity contribution >= 4 is 5.91 Å². The fraction of sp³-hybridized carbons (Fsp3) is 0.480. The molecular formula is C25H35NO4. The summed E-state index contributed by atoms with van der Waals surface area (Å²) in [6.45, 7) is 13.5. The molecule has 0 aliphatic carbocycles. The summed E-state index contributed by atoms with van der Waals surface area (Å²) in [5, 5.41) is 3.19. The summed E-state index contributed by atoms with van der Waals surface area (Å²) in [6, 6.07) is 11.8. The SMILES string of the molecule is CCOc1cc(C(=O)N[C@H](c2ccc(CC)cc2)C(C)C)cc(OCC)c1OCC. The van der Waals surface area contributed by atoms with Crippen molar-refractivity contribution in [2.75, 3.05) is 19.8 Å². The van der Waals surface area contributed by atoms with Crippen LogP contribution in [0, 0.1) is 5.92 Å². The van der Waals surface area contributed by atoms with E-state index < -0.39 is 0 Å². The average Bonchev–Trinajstić information content (AvgIpc) is 2.74. The molecule has 0 bridgehead atoms. The Morgan fingerprint density at radius 1 is 0.867 bits per heavy atom. The number of hydrogen-bond acceptors (Lipinski definition) is 4. The molecule has 1 atom stereocenters. The molecule has 0 aliphatic rings. The molecule has 0 radical (unpaired) electrons. The number of carbonyl (C=O) groups excluding carboxylic acids is 1. The third kappa shape index (κ3) is 5.91. The standard InChI is InChI=1S/C25H35NO4/c1-7-18-11-13-19(14-12-18)23(17(5)6)26-25(27)20-15-21(28-8-2)24(30-10-4)22(16-20)29-9-3/h11-17,23H,7-10H2,1-6H3,(H,26,27)/t23-/m0/s1. The molecule has 0 unspecified atom stereocenters. The van der Waals surface area contributed by atoms with E-state index in [2.05, 4.69) is 50.4 Å². The first-order chi connectivity index (χ1) is 14.4. The highest BCUT2D eigenvalue weighted by Crippen LogP contribution is 2.39. The van der Waals surface area contributed by atoms with Crippen LogP contribution < -0.4 is 19.5 Å². The molecule has 0 fully saturated rings. The molecule has 0 saturated heterocycles. The van der Waals surface area contributed by atoms with E-state index in [1.165, 1.54) is 5.56 Å². The second-order valence-corrected chi connectivity index (χ2v) is 7.39. The normalized spacial score (nSPS) is 11.8. The zero-order valence-corrected chi connectivity index (χ0v) is 19.1. The molecule has 5 nitrogen and oxygen atoms in total. The predicted octanol–water partition coefficient (Wildman–Crippen LogP) is 5.57. The van der Waals surface area contributed by atoms with Crippen LogP contribution in [0.1, 0.15) is 69.1 Å². The topological polar surface area (TPSA) is 56.8 Å². The Balaban J connectivity index is 2.36. The first-order valence-corrected chi connectivity index (χ1v) is 10.9. The maximum absolute atomic E-state index is 13.2. The summed E-state index contributed by atoms with van der Waals surface area (Å²) < 4.78 is 17.2. The molecule has 0 aliphatic heterocycles. The predicted molar refractivity (Wildman–Crippen MR) is 121 cm³/mol. The van der Waals surface area contributed by atoms with Gasteiger partial charge in [-0.2, -0.15) is 0 Å². The van der Waals surface area contributed by atoms with E-state index in [0.717, 1.165) is 12.0 Å². The van der Waals surface area contributed by atoms with Crippen molar-refractivity contribution in [1.82, 2.24) is 5.32 Å². The van der Waals surface area contributed by atoms with Gasteiger partial charge in [-0.15, -0.1) is 0 Å². The highest BCUT2D eigenvalue weighted by molar-refractivity contribution is 5.96. The summed E-state index contributed by atoms with van der Waals surface area (Å²) >= 11 is 0. The van der Waals surface area contributed by atoms with Gasteiger partial charge in [-0.1, -0.05) is 45.0 Å². The van der Waals surface area contributed by atoms with Crippen LogP contribution >= 0.6 is 0 Å². The Labute approximate surface area is 180 Å². The highest BCUT2D eigenvalue weighted by Gasteiger charge is 2.22. The summed E-state index contributed by atoms with van der Waals surface area (Å²) in [7, 11) is 0. The minimum Gasteiger partial charge on any atom is -0.490 e. The van der Waals surface area contributed by atoms with Crippen LogP contribution in [-0.2, 0) is 6.42 Å². The van der Waals surface area contributed by atoms with Crippen molar-refractivity contribution in [3.8, 4) is 17.2 Å². The number of nitrogens with one attached hydrogen (secondary N) is 1.